The van der Waals surface area contributed by atoms with E-state index in [1.165, 1.54) is 31.5 Å². The Kier molecular flexibility index (Phi) is 8.84. The minimum Gasteiger partial charge on any atom is -0.452 e. The number of carbonyl (C=O) groups is 1. The zero-order valence-corrected chi connectivity index (χ0v) is 21.3. The van der Waals surface area contributed by atoms with Crippen molar-refractivity contribution in [1.29, 1.82) is 0 Å². The first-order valence-electron chi connectivity index (χ1n) is 11.3. The molecule has 0 radical (unpaired) electrons. The number of rotatable bonds is 6. The molecule has 1 atom stereocenters. The van der Waals surface area contributed by atoms with Gasteiger partial charge in [-0.1, -0.05) is 44.0 Å². The normalized spacial score (nSPS) is 12.4. The number of halogens is 6. The quantitative estimate of drug-likeness (QED) is 0.180. The third kappa shape index (κ3) is 6.28. The smallest absolute Gasteiger partial charge is 0.420 e. The van der Waals surface area contributed by atoms with Gasteiger partial charge in [0.05, 0.1) is 5.56 Å². The molecule has 1 aromatic carbocycles. The first kappa shape index (κ1) is 27.7. The van der Waals surface area contributed by atoms with E-state index in [1.54, 1.807) is 12.1 Å². The predicted molar refractivity (Wildman–Crippen MR) is 132 cm³/mol. The van der Waals surface area contributed by atoms with Gasteiger partial charge in [-0.05, 0) is 54.1 Å². The average Bonchev–Trinajstić information content (AvgIpc) is 3.40. The molecule has 0 aliphatic rings. The Bertz CT molecular complexity index is 1360. The lowest BCUT2D eigenvalue weighted by molar-refractivity contribution is -0.136. The Labute approximate surface area is 215 Å². The molecule has 3 aromatic heterocycles. The molecule has 0 N–H and O–H groups in total. The van der Waals surface area contributed by atoms with E-state index in [1.807, 2.05) is 6.07 Å². The number of nitrogens with zero attached hydrogens (tertiary/aromatic N) is 2. The van der Waals surface area contributed by atoms with Crippen LogP contribution in [0.15, 0.2) is 53.3 Å². The SMILES string of the molecule is CC(=O)c1nc2c(C(F)(F)F)cc(-c3coc(Cl)c3)cn2c1Cl.CCCC(CC)c1cccc(F)c1. The lowest BCUT2D eigenvalue weighted by atomic mass is 9.92. The van der Waals surface area contributed by atoms with Crippen molar-refractivity contribution < 1.29 is 26.8 Å². The number of carbonyl (C=O) groups excluding carboxylic acids is 1. The van der Waals surface area contributed by atoms with Crippen LogP contribution in [0.4, 0.5) is 17.6 Å². The molecule has 0 bridgehead atoms. The summed E-state index contributed by atoms with van der Waals surface area (Å²) in [5.74, 6) is -0.118. The maximum Gasteiger partial charge on any atom is 0.420 e. The number of pyridine rings is 1. The van der Waals surface area contributed by atoms with Crippen molar-refractivity contribution >= 4 is 34.6 Å². The van der Waals surface area contributed by atoms with Crippen molar-refractivity contribution in [3.63, 3.8) is 0 Å². The van der Waals surface area contributed by atoms with Crippen LogP contribution in [-0.2, 0) is 6.18 Å². The van der Waals surface area contributed by atoms with Crippen molar-refractivity contribution in [2.45, 2.75) is 52.1 Å². The minimum atomic E-state index is -4.67. The fourth-order valence-corrected chi connectivity index (χ4v) is 4.35. The van der Waals surface area contributed by atoms with Crippen LogP contribution < -0.4 is 0 Å². The standard InChI is InChI=1S/C14H7Cl2F3N2O2.C12H17F/c1-6(22)11-12(16)21-4-7(8-3-10(15)23-5-8)2-9(13(21)20-11)14(17,18)19;1-3-6-10(4-2)11-7-5-8-12(13)9-11/h2-5H,1H3;5,7-10H,3-4,6H2,1-2H3. The van der Waals surface area contributed by atoms with E-state index in [4.69, 9.17) is 27.6 Å². The molecule has 0 aliphatic carbocycles. The van der Waals surface area contributed by atoms with Gasteiger partial charge in [-0.3, -0.25) is 9.20 Å². The van der Waals surface area contributed by atoms with Crippen LogP contribution in [0.25, 0.3) is 16.8 Å². The average molecular weight is 543 g/mol. The molecule has 0 saturated heterocycles. The van der Waals surface area contributed by atoms with Crippen LogP contribution in [0.3, 0.4) is 0 Å². The largest absolute Gasteiger partial charge is 0.452 e. The number of fused-ring (bicyclic) bond motifs is 1. The Balaban J connectivity index is 0.000000236. The summed E-state index contributed by atoms with van der Waals surface area (Å²) in [6.07, 6.45) is 1.30. The molecule has 4 aromatic rings. The second kappa shape index (κ2) is 11.5. The van der Waals surface area contributed by atoms with Gasteiger partial charge in [0, 0.05) is 30.3 Å². The first-order valence-corrected chi connectivity index (χ1v) is 12.0. The first-order chi connectivity index (χ1) is 17.0. The summed E-state index contributed by atoms with van der Waals surface area (Å²) < 4.78 is 58.8. The second-order valence-corrected chi connectivity index (χ2v) is 8.96. The van der Waals surface area contributed by atoms with E-state index in [9.17, 15) is 22.4 Å². The van der Waals surface area contributed by atoms with E-state index in [0.29, 0.717) is 11.5 Å². The Morgan fingerprint density at radius 3 is 2.39 bits per heavy atom. The summed E-state index contributed by atoms with van der Waals surface area (Å²) in [4.78, 5) is 15.2. The molecule has 36 heavy (non-hydrogen) atoms. The van der Waals surface area contributed by atoms with E-state index < -0.39 is 23.2 Å². The van der Waals surface area contributed by atoms with Crippen molar-refractivity contribution in [2.75, 3.05) is 0 Å². The highest BCUT2D eigenvalue weighted by Gasteiger charge is 2.36. The number of imidazole rings is 1. The molecule has 0 aliphatic heterocycles. The molecular weight excluding hydrogens is 519 g/mol. The number of hydrogen-bond donors (Lipinski definition) is 0. The molecule has 192 valence electrons. The third-order valence-electron chi connectivity index (χ3n) is 5.65. The van der Waals surface area contributed by atoms with E-state index >= 15 is 0 Å². The van der Waals surface area contributed by atoms with Gasteiger partial charge < -0.3 is 4.42 Å². The van der Waals surface area contributed by atoms with Gasteiger partial charge >= 0.3 is 6.18 Å². The van der Waals surface area contributed by atoms with Crippen LogP contribution in [-0.4, -0.2) is 15.2 Å². The Hall–Kier alpha value is -2.84. The maximum absolute atomic E-state index is 13.3. The summed E-state index contributed by atoms with van der Waals surface area (Å²) >= 11 is 11.7. The van der Waals surface area contributed by atoms with Gasteiger partial charge in [0.2, 0.25) is 0 Å². The van der Waals surface area contributed by atoms with E-state index in [0.717, 1.165) is 35.3 Å². The fraction of sp³-hybridized carbons (Fsp3) is 0.308. The number of Topliss-reactive ketones (excluding diaryl/α,β-unsaturated/α-hetero) is 1. The number of alkyl halides is 3. The molecule has 1 unspecified atom stereocenters. The third-order valence-corrected chi connectivity index (χ3v) is 6.21. The zero-order valence-electron chi connectivity index (χ0n) is 19.8. The highest BCUT2D eigenvalue weighted by molar-refractivity contribution is 6.33. The summed E-state index contributed by atoms with van der Waals surface area (Å²) in [6.45, 7) is 5.50. The van der Waals surface area contributed by atoms with Crippen molar-refractivity contribution in [3.05, 3.63) is 81.9 Å². The van der Waals surface area contributed by atoms with Crippen LogP contribution in [0.5, 0.6) is 0 Å². The van der Waals surface area contributed by atoms with Crippen LogP contribution in [0, 0.1) is 5.82 Å². The predicted octanol–water partition coefficient (Wildman–Crippen LogP) is 9.24. The summed E-state index contributed by atoms with van der Waals surface area (Å²) in [6, 6.07) is 9.26. The number of aromatic nitrogens is 2. The van der Waals surface area contributed by atoms with Crippen molar-refractivity contribution in [1.82, 2.24) is 9.38 Å². The number of benzene rings is 1. The van der Waals surface area contributed by atoms with Gasteiger partial charge in [-0.2, -0.15) is 13.2 Å². The van der Waals surface area contributed by atoms with Gasteiger partial charge in [0.25, 0.3) is 0 Å². The zero-order chi connectivity index (χ0) is 26.6. The van der Waals surface area contributed by atoms with Crippen LogP contribution in [0.2, 0.25) is 10.4 Å². The maximum atomic E-state index is 13.3. The van der Waals surface area contributed by atoms with Gasteiger partial charge in [-0.25, -0.2) is 9.37 Å². The molecule has 10 heteroatoms. The Morgan fingerprint density at radius 1 is 1.14 bits per heavy atom. The summed E-state index contributed by atoms with van der Waals surface area (Å²) in [7, 11) is 0. The molecule has 0 spiro atoms. The van der Waals surface area contributed by atoms with Gasteiger partial charge in [-0.15, -0.1) is 0 Å². The van der Waals surface area contributed by atoms with Crippen molar-refractivity contribution in [2.24, 2.45) is 0 Å². The van der Waals surface area contributed by atoms with Crippen LogP contribution in [0.1, 0.15) is 67.6 Å². The number of furan rings is 1. The molecule has 0 saturated carbocycles. The molecule has 4 rings (SSSR count). The lowest BCUT2D eigenvalue weighted by Crippen LogP contribution is -2.08. The lowest BCUT2D eigenvalue weighted by Gasteiger charge is -2.13. The molecule has 0 amide bonds. The molecule has 3 heterocycles. The summed E-state index contributed by atoms with van der Waals surface area (Å²) in [5, 5.41) is -0.149. The highest BCUT2D eigenvalue weighted by Crippen LogP contribution is 2.37. The molecule has 4 nitrogen and oxygen atoms in total. The summed E-state index contributed by atoms with van der Waals surface area (Å²) in [5.41, 5.74) is -0.0110. The van der Waals surface area contributed by atoms with Crippen molar-refractivity contribution in [3.8, 4) is 11.1 Å². The Morgan fingerprint density at radius 2 is 1.86 bits per heavy atom. The topological polar surface area (TPSA) is 47.5 Å². The molecular formula is C26H24Cl2F4N2O2. The monoisotopic (exact) mass is 542 g/mol. The minimum absolute atomic E-state index is 0.0369. The highest BCUT2D eigenvalue weighted by atomic mass is 35.5. The van der Waals surface area contributed by atoms with E-state index in [2.05, 4.69) is 18.8 Å². The number of hydrogen-bond acceptors (Lipinski definition) is 3. The molecule has 0 fully saturated rings. The fourth-order valence-electron chi connectivity index (χ4n) is 3.88. The van der Waals surface area contributed by atoms with Gasteiger partial charge in [0.1, 0.15) is 22.9 Å². The van der Waals surface area contributed by atoms with E-state index in [-0.39, 0.29) is 27.4 Å². The van der Waals surface area contributed by atoms with Crippen LogP contribution >= 0.6 is 23.2 Å². The second-order valence-electron chi connectivity index (χ2n) is 8.23. The van der Waals surface area contributed by atoms with Gasteiger partial charge in [0.15, 0.2) is 16.6 Å². The number of ketones is 1.